The third-order valence-electron chi connectivity index (χ3n) is 5.10. The van der Waals surface area contributed by atoms with Crippen molar-refractivity contribution in [1.82, 2.24) is 10.6 Å². The Morgan fingerprint density at radius 1 is 1.16 bits per heavy atom. The second kappa shape index (κ2) is 9.77. The molecule has 1 aliphatic carbocycles. The van der Waals surface area contributed by atoms with Gasteiger partial charge in [0.1, 0.15) is 0 Å². The standard InChI is InChI=1S/C24H24ClF3N2O2/c1-14-9-17(12-18(25)10-14)21(24(26,27)28)8-4-16-3-7-20(15(2)11-16)23(32)29-13-22(31)30-19-5-6-19/h3-4,7-12,19,21H,5-6,13H2,1-2H3,(H,29,32)(H,30,31)/b8-4-. The van der Waals surface area contributed by atoms with Crippen LogP contribution >= 0.6 is 11.6 Å². The van der Waals surface area contributed by atoms with E-state index in [4.69, 9.17) is 11.6 Å². The number of carbonyl (C=O) groups is 2. The molecule has 4 nitrogen and oxygen atoms in total. The Morgan fingerprint density at radius 2 is 1.88 bits per heavy atom. The summed E-state index contributed by atoms with van der Waals surface area (Å²) in [6.07, 6.45) is -0.0999. The van der Waals surface area contributed by atoms with Crippen LogP contribution in [0, 0.1) is 13.8 Å². The average Bonchev–Trinajstić information content (AvgIpc) is 3.48. The van der Waals surface area contributed by atoms with Gasteiger partial charge in [0, 0.05) is 16.6 Å². The minimum atomic E-state index is -4.48. The Kier molecular flexibility index (Phi) is 7.29. The Labute approximate surface area is 189 Å². The van der Waals surface area contributed by atoms with E-state index in [1.807, 2.05) is 0 Å². The van der Waals surface area contributed by atoms with Crippen molar-refractivity contribution in [2.45, 2.75) is 44.8 Å². The molecule has 8 heteroatoms. The summed E-state index contributed by atoms with van der Waals surface area (Å²) in [5, 5.41) is 5.60. The van der Waals surface area contributed by atoms with Gasteiger partial charge in [-0.15, -0.1) is 0 Å². The predicted molar refractivity (Wildman–Crippen MR) is 119 cm³/mol. The first-order valence-electron chi connectivity index (χ1n) is 10.2. The highest BCUT2D eigenvalue weighted by Gasteiger charge is 2.39. The van der Waals surface area contributed by atoms with Gasteiger partial charge in [-0.25, -0.2) is 0 Å². The number of amides is 2. The lowest BCUT2D eigenvalue weighted by atomic mass is 9.95. The third kappa shape index (κ3) is 6.60. The molecule has 0 aromatic heterocycles. The Bertz CT molecular complexity index is 1030. The average molecular weight is 465 g/mol. The van der Waals surface area contributed by atoms with E-state index < -0.39 is 18.0 Å². The molecule has 170 valence electrons. The summed E-state index contributed by atoms with van der Waals surface area (Å²) in [5.74, 6) is -2.47. The highest BCUT2D eigenvalue weighted by Crippen LogP contribution is 2.37. The van der Waals surface area contributed by atoms with Crippen molar-refractivity contribution in [2.75, 3.05) is 6.54 Å². The maximum Gasteiger partial charge on any atom is 0.399 e. The van der Waals surface area contributed by atoms with E-state index >= 15 is 0 Å². The van der Waals surface area contributed by atoms with Crippen LogP contribution in [-0.4, -0.2) is 30.6 Å². The molecule has 2 aromatic carbocycles. The largest absolute Gasteiger partial charge is 0.399 e. The van der Waals surface area contributed by atoms with E-state index in [1.165, 1.54) is 24.3 Å². The number of benzene rings is 2. The smallest absolute Gasteiger partial charge is 0.352 e. The van der Waals surface area contributed by atoms with Gasteiger partial charge in [0.05, 0.1) is 12.5 Å². The Morgan fingerprint density at radius 3 is 2.47 bits per heavy atom. The topological polar surface area (TPSA) is 58.2 Å². The Hall–Kier alpha value is -2.80. The molecule has 0 radical (unpaired) electrons. The summed E-state index contributed by atoms with van der Waals surface area (Å²) in [6, 6.07) is 9.33. The van der Waals surface area contributed by atoms with Crippen molar-refractivity contribution in [2.24, 2.45) is 0 Å². The van der Waals surface area contributed by atoms with Crippen LogP contribution in [0.1, 0.15) is 51.4 Å². The third-order valence-corrected chi connectivity index (χ3v) is 5.32. The number of alkyl halides is 3. The first-order valence-corrected chi connectivity index (χ1v) is 10.6. The molecule has 2 aromatic rings. The van der Waals surface area contributed by atoms with E-state index in [1.54, 1.807) is 32.0 Å². The number of hydrogen-bond acceptors (Lipinski definition) is 2. The van der Waals surface area contributed by atoms with Gasteiger partial charge in [0.15, 0.2) is 0 Å². The molecule has 0 bridgehead atoms. The van der Waals surface area contributed by atoms with Crippen molar-refractivity contribution >= 4 is 29.5 Å². The summed E-state index contributed by atoms with van der Waals surface area (Å²) in [7, 11) is 0. The fourth-order valence-corrected chi connectivity index (χ4v) is 3.67. The van der Waals surface area contributed by atoms with Crippen LogP contribution < -0.4 is 10.6 Å². The lowest BCUT2D eigenvalue weighted by molar-refractivity contribution is -0.139. The molecular formula is C24H24ClF3N2O2. The summed E-state index contributed by atoms with van der Waals surface area (Å²) in [4.78, 5) is 24.1. The molecule has 1 unspecified atom stereocenters. The molecule has 1 fully saturated rings. The van der Waals surface area contributed by atoms with Gasteiger partial charge in [-0.2, -0.15) is 13.2 Å². The minimum absolute atomic E-state index is 0.0657. The van der Waals surface area contributed by atoms with Gasteiger partial charge in [-0.05, 0) is 67.1 Å². The van der Waals surface area contributed by atoms with Gasteiger partial charge in [-0.3, -0.25) is 9.59 Å². The quantitative estimate of drug-likeness (QED) is 0.582. The van der Waals surface area contributed by atoms with Gasteiger partial charge in [-0.1, -0.05) is 42.0 Å². The van der Waals surface area contributed by atoms with E-state index in [9.17, 15) is 22.8 Å². The summed E-state index contributed by atoms with van der Waals surface area (Å²) in [6.45, 7) is 3.26. The molecule has 2 N–H and O–H groups in total. The van der Waals surface area contributed by atoms with Crippen molar-refractivity contribution in [3.05, 3.63) is 75.3 Å². The monoisotopic (exact) mass is 464 g/mol. The maximum atomic E-state index is 13.7. The number of hydrogen-bond donors (Lipinski definition) is 2. The van der Waals surface area contributed by atoms with E-state index in [-0.39, 0.29) is 29.1 Å². The number of aryl methyl sites for hydroxylation is 2. The van der Waals surface area contributed by atoms with Crippen LogP contribution in [0.15, 0.2) is 42.5 Å². The van der Waals surface area contributed by atoms with Gasteiger partial charge >= 0.3 is 6.18 Å². The predicted octanol–water partition coefficient (Wildman–Crippen LogP) is 5.32. The maximum absolute atomic E-state index is 13.7. The molecule has 3 rings (SSSR count). The molecule has 1 aliphatic rings. The lowest BCUT2D eigenvalue weighted by Gasteiger charge is -2.18. The van der Waals surface area contributed by atoms with Crippen LogP contribution in [0.3, 0.4) is 0 Å². The number of allylic oxidation sites excluding steroid dienone is 1. The highest BCUT2D eigenvalue weighted by molar-refractivity contribution is 6.30. The summed E-state index contributed by atoms with van der Waals surface area (Å²) >= 11 is 5.95. The zero-order valence-corrected chi connectivity index (χ0v) is 18.5. The fraction of sp³-hybridized carbons (Fsp3) is 0.333. The van der Waals surface area contributed by atoms with E-state index in [2.05, 4.69) is 10.6 Å². The van der Waals surface area contributed by atoms with E-state index in [0.717, 1.165) is 18.9 Å². The van der Waals surface area contributed by atoms with Crippen molar-refractivity contribution in [3.63, 3.8) is 0 Å². The molecular weight excluding hydrogens is 441 g/mol. The molecule has 1 atom stereocenters. The van der Waals surface area contributed by atoms with Crippen molar-refractivity contribution in [1.29, 1.82) is 0 Å². The van der Waals surface area contributed by atoms with Gasteiger partial charge in [0.2, 0.25) is 5.91 Å². The zero-order valence-electron chi connectivity index (χ0n) is 17.7. The lowest BCUT2D eigenvalue weighted by Crippen LogP contribution is -2.38. The molecule has 0 aliphatic heterocycles. The van der Waals surface area contributed by atoms with Gasteiger partial charge in [0.25, 0.3) is 5.91 Å². The number of rotatable bonds is 7. The van der Waals surface area contributed by atoms with E-state index in [0.29, 0.717) is 22.3 Å². The Balaban J connectivity index is 1.72. The number of carbonyl (C=O) groups excluding carboxylic acids is 2. The zero-order chi connectivity index (χ0) is 23.5. The summed E-state index contributed by atoms with van der Waals surface area (Å²) < 4.78 is 41.0. The van der Waals surface area contributed by atoms with Crippen molar-refractivity contribution < 1.29 is 22.8 Å². The van der Waals surface area contributed by atoms with Gasteiger partial charge < -0.3 is 10.6 Å². The van der Waals surface area contributed by atoms with Crippen LogP contribution in [0.5, 0.6) is 0 Å². The minimum Gasteiger partial charge on any atom is -0.352 e. The highest BCUT2D eigenvalue weighted by atomic mass is 35.5. The number of nitrogens with one attached hydrogen (secondary N) is 2. The first-order chi connectivity index (χ1) is 15.0. The normalized spacial score (nSPS) is 14.9. The summed E-state index contributed by atoms with van der Waals surface area (Å²) in [5.41, 5.74) is 2.19. The second-order valence-electron chi connectivity index (χ2n) is 8.04. The molecule has 2 amide bonds. The van der Waals surface area contributed by atoms with Crippen molar-refractivity contribution in [3.8, 4) is 0 Å². The fourth-order valence-electron chi connectivity index (χ4n) is 3.37. The van der Waals surface area contributed by atoms with Crippen LogP contribution in [0.2, 0.25) is 5.02 Å². The van der Waals surface area contributed by atoms with Crippen LogP contribution in [0.4, 0.5) is 13.2 Å². The molecule has 0 saturated heterocycles. The second-order valence-corrected chi connectivity index (χ2v) is 8.48. The van der Waals surface area contributed by atoms with Crippen LogP contribution in [0.25, 0.3) is 6.08 Å². The molecule has 0 spiro atoms. The number of halogens is 4. The SMILES string of the molecule is Cc1cc(Cl)cc(C(/C=C\c2ccc(C(=O)NCC(=O)NC3CC3)c(C)c2)C(F)(F)F)c1. The molecule has 32 heavy (non-hydrogen) atoms. The first kappa shape index (κ1) is 23.9. The van der Waals surface area contributed by atoms with Crippen LogP contribution in [-0.2, 0) is 4.79 Å². The molecule has 1 saturated carbocycles. The molecule has 0 heterocycles.